The second-order valence-corrected chi connectivity index (χ2v) is 11.7. The van der Waals surface area contributed by atoms with Crippen LogP contribution < -0.4 is 11.1 Å². The third-order valence-electron chi connectivity index (χ3n) is 7.84. The minimum Gasteiger partial charge on any atom is -0.384 e. The Balaban J connectivity index is 1.51. The second-order valence-electron chi connectivity index (χ2n) is 11.7. The number of aliphatic hydroxyl groups excluding tert-OH is 1. The number of nitrogens with two attached hydrogens (primary N) is 1. The van der Waals surface area contributed by atoms with Crippen LogP contribution in [0.15, 0.2) is 85.3 Å². The van der Waals surface area contributed by atoms with Crippen molar-refractivity contribution in [1.82, 2.24) is 15.3 Å². The maximum atomic E-state index is 13.9. The van der Waals surface area contributed by atoms with Crippen molar-refractivity contribution in [1.29, 1.82) is 0 Å². The molecule has 226 valence electrons. The highest BCUT2D eigenvalue weighted by Gasteiger charge is 2.33. The molecule has 0 aliphatic rings. The number of aromatic nitrogens is 2. The van der Waals surface area contributed by atoms with Crippen LogP contribution in [0.1, 0.15) is 61.1 Å². The van der Waals surface area contributed by atoms with Crippen molar-refractivity contribution < 1.29 is 19.5 Å². The predicted octanol–water partition coefficient (Wildman–Crippen LogP) is 4.81. The van der Waals surface area contributed by atoms with Crippen LogP contribution in [0.5, 0.6) is 0 Å². The molecule has 4 aromatic rings. The van der Waals surface area contributed by atoms with Gasteiger partial charge in [0.2, 0.25) is 5.91 Å². The molecule has 1 aromatic heterocycles. The number of carbonyl (C=O) groups is 3. The number of nitrogens with one attached hydrogen (secondary N) is 2. The number of benzene rings is 3. The van der Waals surface area contributed by atoms with Crippen molar-refractivity contribution in [3.8, 4) is 0 Å². The molecule has 0 aliphatic heterocycles. The van der Waals surface area contributed by atoms with Crippen LogP contribution in [0, 0.1) is 11.8 Å². The van der Waals surface area contributed by atoms with Crippen LogP contribution in [0.3, 0.4) is 0 Å². The molecule has 0 spiro atoms. The Kier molecular flexibility index (Phi) is 11.4. The summed E-state index contributed by atoms with van der Waals surface area (Å²) in [6.07, 6.45) is 4.05. The Labute approximate surface area is 253 Å². The normalized spacial score (nSPS) is 14.3. The van der Waals surface area contributed by atoms with Crippen molar-refractivity contribution in [3.63, 3.8) is 0 Å². The van der Waals surface area contributed by atoms with Crippen molar-refractivity contribution in [2.75, 3.05) is 0 Å². The van der Waals surface area contributed by atoms with Crippen molar-refractivity contribution in [2.45, 2.75) is 70.6 Å². The predicted molar refractivity (Wildman–Crippen MR) is 168 cm³/mol. The fourth-order valence-corrected chi connectivity index (χ4v) is 5.53. The lowest BCUT2D eigenvalue weighted by Gasteiger charge is -2.27. The minimum absolute atomic E-state index is 0.0344. The number of fused-ring (bicyclic) bond motifs is 1. The molecule has 1 amide bonds. The van der Waals surface area contributed by atoms with Gasteiger partial charge in [-0.05, 0) is 47.9 Å². The molecule has 3 aromatic carbocycles. The summed E-state index contributed by atoms with van der Waals surface area (Å²) in [5, 5.41) is 16.0. The molecule has 5 N–H and O–H groups in total. The molecule has 0 radical (unpaired) electrons. The summed E-state index contributed by atoms with van der Waals surface area (Å²) in [4.78, 5) is 47.1. The maximum absolute atomic E-state index is 13.9. The number of aromatic amines is 1. The Morgan fingerprint density at radius 2 is 1.67 bits per heavy atom. The Morgan fingerprint density at radius 3 is 2.40 bits per heavy atom. The average Bonchev–Trinajstić information content (AvgIpc) is 3.52. The van der Waals surface area contributed by atoms with E-state index in [9.17, 15) is 19.5 Å². The van der Waals surface area contributed by atoms with Gasteiger partial charge in [0, 0.05) is 42.3 Å². The van der Waals surface area contributed by atoms with E-state index in [-0.39, 0.29) is 24.0 Å². The average molecular weight is 583 g/mol. The van der Waals surface area contributed by atoms with Crippen molar-refractivity contribution in [3.05, 3.63) is 102 Å². The van der Waals surface area contributed by atoms with E-state index in [1.807, 2.05) is 74.5 Å². The van der Waals surface area contributed by atoms with Gasteiger partial charge in [-0.3, -0.25) is 14.4 Å². The van der Waals surface area contributed by atoms with E-state index in [1.54, 1.807) is 18.3 Å². The van der Waals surface area contributed by atoms with Gasteiger partial charge in [0.1, 0.15) is 6.10 Å². The molecule has 43 heavy (non-hydrogen) atoms. The fourth-order valence-electron chi connectivity index (χ4n) is 5.53. The summed E-state index contributed by atoms with van der Waals surface area (Å²) in [6, 6.07) is 21.5. The SMILES string of the molecule is CC(C)C[C@H](NC(=O)C(CCCC(=O)c1ccccc1)Cc1cccc2ccccc12)C(=O)C(O)[C@@H](N)Cc1cnc[nH]1. The van der Waals surface area contributed by atoms with Crippen LogP contribution in [0.25, 0.3) is 10.8 Å². The lowest BCUT2D eigenvalue weighted by atomic mass is 9.88. The molecule has 4 rings (SSSR count). The number of ketones is 2. The van der Waals surface area contributed by atoms with E-state index in [4.69, 9.17) is 5.73 Å². The van der Waals surface area contributed by atoms with E-state index >= 15 is 0 Å². The molecule has 4 atom stereocenters. The summed E-state index contributed by atoms with van der Waals surface area (Å²) >= 11 is 0. The molecular weight excluding hydrogens is 540 g/mol. The van der Waals surface area contributed by atoms with Crippen LogP contribution in [0.4, 0.5) is 0 Å². The van der Waals surface area contributed by atoms with E-state index in [2.05, 4.69) is 15.3 Å². The highest BCUT2D eigenvalue weighted by molar-refractivity contribution is 5.96. The van der Waals surface area contributed by atoms with Crippen LogP contribution in [-0.2, 0) is 22.4 Å². The topological polar surface area (TPSA) is 138 Å². The van der Waals surface area contributed by atoms with Gasteiger partial charge in [-0.15, -0.1) is 0 Å². The van der Waals surface area contributed by atoms with E-state index in [0.29, 0.717) is 43.4 Å². The first kappa shape index (κ1) is 31.8. The first-order chi connectivity index (χ1) is 20.7. The van der Waals surface area contributed by atoms with Crippen LogP contribution in [-0.4, -0.2) is 50.7 Å². The van der Waals surface area contributed by atoms with Crippen molar-refractivity contribution in [2.24, 2.45) is 17.6 Å². The maximum Gasteiger partial charge on any atom is 0.224 e. The summed E-state index contributed by atoms with van der Waals surface area (Å²) in [5.74, 6) is -1.13. The smallest absolute Gasteiger partial charge is 0.224 e. The number of imidazole rings is 1. The van der Waals surface area contributed by atoms with E-state index in [0.717, 1.165) is 16.3 Å². The fraction of sp³-hybridized carbons (Fsp3) is 0.371. The zero-order chi connectivity index (χ0) is 30.8. The number of carbonyl (C=O) groups excluding carboxylic acids is 3. The van der Waals surface area contributed by atoms with E-state index < -0.39 is 29.9 Å². The number of nitrogens with zero attached hydrogens (tertiary/aromatic N) is 1. The number of hydrogen-bond donors (Lipinski definition) is 4. The largest absolute Gasteiger partial charge is 0.384 e. The van der Waals surface area contributed by atoms with E-state index in [1.165, 1.54) is 6.33 Å². The molecule has 8 heteroatoms. The molecular formula is C35H42N4O4. The van der Waals surface area contributed by atoms with Crippen molar-refractivity contribution >= 4 is 28.2 Å². The monoisotopic (exact) mass is 582 g/mol. The van der Waals surface area contributed by atoms with Gasteiger partial charge in [-0.2, -0.15) is 0 Å². The van der Waals surface area contributed by atoms with Gasteiger partial charge in [0.05, 0.1) is 12.4 Å². The zero-order valence-electron chi connectivity index (χ0n) is 24.9. The lowest BCUT2D eigenvalue weighted by Crippen LogP contribution is -2.53. The third-order valence-corrected chi connectivity index (χ3v) is 7.84. The van der Waals surface area contributed by atoms with Gasteiger partial charge < -0.3 is 21.1 Å². The Bertz CT molecular complexity index is 1480. The van der Waals surface area contributed by atoms with Crippen LogP contribution in [0.2, 0.25) is 0 Å². The molecule has 0 aliphatic carbocycles. The van der Waals surface area contributed by atoms with Gasteiger partial charge >= 0.3 is 0 Å². The molecule has 1 heterocycles. The highest BCUT2D eigenvalue weighted by Crippen LogP contribution is 2.25. The van der Waals surface area contributed by atoms with Gasteiger partial charge in [0.15, 0.2) is 11.6 Å². The molecule has 0 saturated heterocycles. The molecule has 0 bridgehead atoms. The number of aliphatic hydroxyl groups is 1. The minimum atomic E-state index is -1.45. The Hall–Kier alpha value is -4.14. The number of hydrogen-bond acceptors (Lipinski definition) is 6. The first-order valence-corrected chi connectivity index (χ1v) is 15.0. The first-order valence-electron chi connectivity index (χ1n) is 15.0. The quantitative estimate of drug-likeness (QED) is 0.140. The summed E-state index contributed by atoms with van der Waals surface area (Å²) in [7, 11) is 0. The lowest BCUT2D eigenvalue weighted by molar-refractivity contribution is -0.135. The number of amides is 1. The zero-order valence-corrected chi connectivity index (χ0v) is 24.9. The molecule has 0 fully saturated rings. The second kappa shape index (κ2) is 15.4. The number of Topliss-reactive ketones (excluding diaryl/α,β-unsaturated/α-hetero) is 2. The number of rotatable bonds is 16. The summed E-state index contributed by atoms with van der Waals surface area (Å²) in [6.45, 7) is 3.93. The molecule has 2 unspecified atom stereocenters. The highest BCUT2D eigenvalue weighted by atomic mass is 16.3. The van der Waals surface area contributed by atoms with Gasteiger partial charge in [0.25, 0.3) is 0 Å². The standard InChI is InChI=1S/C35H42N4O4/c1-23(2)18-31(34(42)33(41)30(36)20-28-21-37-22-38-28)39-35(43)27(15-9-17-32(40)25-11-4-3-5-12-25)19-26-14-8-13-24-10-6-7-16-29(24)26/h3-8,10-14,16,21-23,27,30-31,33,41H,9,15,17-20,36H2,1-2H3,(H,37,38)(H,39,43)/t27?,30-,31-,33?/m0/s1. The van der Waals surface area contributed by atoms with Gasteiger partial charge in [-0.25, -0.2) is 4.98 Å². The molecule has 0 saturated carbocycles. The van der Waals surface area contributed by atoms with Gasteiger partial charge in [-0.1, -0.05) is 86.6 Å². The molecule has 8 nitrogen and oxygen atoms in total. The van der Waals surface area contributed by atoms with Crippen LogP contribution >= 0.6 is 0 Å². The summed E-state index contributed by atoms with van der Waals surface area (Å²) in [5.41, 5.74) is 8.60. The Morgan fingerprint density at radius 1 is 0.953 bits per heavy atom. The third kappa shape index (κ3) is 8.92. The summed E-state index contributed by atoms with van der Waals surface area (Å²) < 4.78 is 0. The number of H-pyrrole nitrogens is 1.